The third-order valence-corrected chi connectivity index (χ3v) is 3.48. The van der Waals surface area contributed by atoms with Gasteiger partial charge in [0.25, 0.3) is 0 Å². The van der Waals surface area contributed by atoms with Crippen molar-refractivity contribution in [1.29, 1.82) is 0 Å². The van der Waals surface area contributed by atoms with Gasteiger partial charge in [-0.3, -0.25) is 0 Å². The van der Waals surface area contributed by atoms with Crippen molar-refractivity contribution in [3.05, 3.63) is 68.4 Å². The van der Waals surface area contributed by atoms with Gasteiger partial charge in [0.2, 0.25) is 0 Å². The van der Waals surface area contributed by atoms with Crippen molar-refractivity contribution in [2.75, 3.05) is 0 Å². The molecule has 0 spiro atoms. The summed E-state index contributed by atoms with van der Waals surface area (Å²) in [5.74, 6) is 0. The van der Waals surface area contributed by atoms with Crippen LogP contribution in [-0.4, -0.2) is 0 Å². The van der Waals surface area contributed by atoms with Crippen molar-refractivity contribution in [3.63, 3.8) is 0 Å². The third kappa shape index (κ3) is 2.11. The maximum Gasteiger partial charge on any atom is -0.00768 e. The molecule has 0 saturated carbocycles. The molecule has 0 saturated heterocycles. The molecule has 2 aromatic carbocycles. The molecule has 0 bridgehead atoms. The molecular formula is C18H20. The Bertz CT molecular complexity index is 752. The molecule has 92 valence electrons. The lowest BCUT2D eigenvalue weighted by molar-refractivity contribution is 1.10. The second-order valence-corrected chi connectivity index (χ2v) is 4.63. The highest BCUT2D eigenvalue weighted by Crippen LogP contribution is 2.03. The summed E-state index contributed by atoms with van der Waals surface area (Å²) in [6.07, 6.45) is 3.21. The minimum atomic E-state index is 1.04. The van der Waals surface area contributed by atoms with E-state index in [9.17, 15) is 0 Å². The van der Waals surface area contributed by atoms with Gasteiger partial charge in [0.05, 0.1) is 0 Å². The van der Waals surface area contributed by atoms with Gasteiger partial charge in [-0.25, -0.2) is 0 Å². The number of hydrogen-bond acceptors (Lipinski definition) is 0. The van der Waals surface area contributed by atoms with Crippen molar-refractivity contribution in [2.45, 2.75) is 27.2 Å². The molecule has 0 aliphatic carbocycles. The number of aryl methyl sites for hydroxylation is 2. The fourth-order valence-electron chi connectivity index (χ4n) is 2.54. The van der Waals surface area contributed by atoms with Crippen LogP contribution in [0.25, 0.3) is 12.7 Å². The first-order valence-corrected chi connectivity index (χ1v) is 6.52. The lowest BCUT2D eigenvalue weighted by Crippen LogP contribution is -2.11. The summed E-state index contributed by atoms with van der Waals surface area (Å²) in [5.41, 5.74) is 2.69. The third-order valence-electron chi connectivity index (χ3n) is 3.48. The van der Waals surface area contributed by atoms with Gasteiger partial charge >= 0.3 is 0 Å². The Balaban J connectivity index is 3.27. The summed E-state index contributed by atoms with van der Waals surface area (Å²) in [5, 5.41) is 5.06. The van der Waals surface area contributed by atoms with Crippen molar-refractivity contribution in [2.24, 2.45) is 0 Å². The van der Waals surface area contributed by atoms with Crippen LogP contribution in [0, 0.1) is 17.4 Å². The van der Waals surface area contributed by atoms with Crippen molar-refractivity contribution in [3.8, 4) is 0 Å². The molecule has 0 atom stereocenters. The minimum Gasteiger partial charge on any atom is -0.0911 e. The van der Waals surface area contributed by atoms with Gasteiger partial charge in [0.15, 0.2) is 0 Å². The van der Waals surface area contributed by atoms with E-state index in [1.807, 2.05) is 0 Å². The average Bonchev–Trinajstić information content (AvgIpc) is 2.38. The maximum absolute atomic E-state index is 4.21. The molecule has 0 fully saturated rings. The summed E-state index contributed by atoms with van der Waals surface area (Å²) >= 11 is 0. The molecule has 0 aliphatic rings. The van der Waals surface area contributed by atoms with E-state index < -0.39 is 0 Å². The monoisotopic (exact) mass is 236 g/mol. The van der Waals surface area contributed by atoms with E-state index in [1.54, 1.807) is 0 Å². The molecule has 0 nitrogen and oxygen atoms in total. The van der Waals surface area contributed by atoms with Crippen LogP contribution in [0.2, 0.25) is 0 Å². The first-order chi connectivity index (χ1) is 8.69. The predicted octanol–water partition coefficient (Wildman–Crippen LogP) is 3.06. The zero-order chi connectivity index (χ0) is 13.1. The quantitative estimate of drug-likeness (QED) is 0.714. The van der Waals surface area contributed by atoms with Crippen LogP contribution < -0.4 is 10.4 Å². The normalized spacial score (nSPS) is 13.8. The molecule has 0 radical (unpaired) electrons. The van der Waals surface area contributed by atoms with Gasteiger partial charge in [-0.05, 0) is 52.3 Å². The summed E-state index contributed by atoms with van der Waals surface area (Å²) in [6, 6.07) is 12.9. The largest absolute Gasteiger partial charge is 0.0911 e. The zero-order valence-electron chi connectivity index (χ0n) is 11.5. The van der Waals surface area contributed by atoms with Crippen LogP contribution in [-0.2, 0) is 6.42 Å². The highest BCUT2D eigenvalue weighted by molar-refractivity contribution is 5.33. The maximum atomic E-state index is 4.21. The molecule has 2 aromatic rings. The summed E-state index contributed by atoms with van der Waals surface area (Å²) in [7, 11) is 0. The van der Waals surface area contributed by atoms with Crippen molar-refractivity contribution >= 4 is 12.7 Å². The van der Waals surface area contributed by atoms with E-state index in [1.165, 1.54) is 26.8 Å². The van der Waals surface area contributed by atoms with Crippen LogP contribution >= 0.6 is 0 Å². The molecule has 0 unspecified atom stereocenters. The molecule has 0 heteroatoms. The minimum absolute atomic E-state index is 1.04. The SMILES string of the molecule is C=c1cccc(CC)/c1=c1\c(C)cccc1=CC. The highest BCUT2D eigenvalue weighted by Gasteiger charge is 1.98. The second-order valence-electron chi connectivity index (χ2n) is 4.63. The number of benzene rings is 2. The van der Waals surface area contributed by atoms with E-state index >= 15 is 0 Å². The fraction of sp³-hybridized carbons (Fsp3) is 0.222. The summed E-state index contributed by atoms with van der Waals surface area (Å²) < 4.78 is 0. The van der Waals surface area contributed by atoms with Crippen molar-refractivity contribution < 1.29 is 0 Å². The Labute approximate surface area is 109 Å². The molecule has 18 heavy (non-hydrogen) atoms. The van der Waals surface area contributed by atoms with Crippen LogP contribution in [0.4, 0.5) is 0 Å². The molecule has 0 N–H and O–H groups in total. The molecule has 0 aliphatic heterocycles. The number of hydrogen-bond donors (Lipinski definition) is 0. The van der Waals surface area contributed by atoms with E-state index in [0.29, 0.717) is 0 Å². The Hall–Kier alpha value is -1.82. The Kier molecular flexibility index (Phi) is 3.66. The fourth-order valence-corrected chi connectivity index (χ4v) is 2.54. The standard InChI is InChI=1S/C18H20/c1-5-15-11-7-9-13(3)17(15)18-14(4)10-8-12-16(18)6-2/h6-12H,3,5H2,1-2,4H3/b16-6?,18-17+. The second kappa shape index (κ2) is 5.22. The molecule has 0 aromatic heterocycles. The van der Waals surface area contributed by atoms with Crippen LogP contribution in [0.3, 0.4) is 0 Å². The van der Waals surface area contributed by atoms with Crippen molar-refractivity contribution in [1.82, 2.24) is 0 Å². The predicted molar refractivity (Wildman–Crippen MR) is 79.6 cm³/mol. The lowest BCUT2D eigenvalue weighted by Gasteiger charge is -2.03. The molecule has 0 heterocycles. The Morgan fingerprint density at radius 2 is 1.78 bits per heavy atom. The number of rotatable bonds is 1. The zero-order valence-corrected chi connectivity index (χ0v) is 11.5. The van der Waals surface area contributed by atoms with E-state index in [4.69, 9.17) is 0 Å². The molecule has 0 amide bonds. The van der Waals surface area contributed by atoms with Crippen LogP contribution in [0.5, 0.6) is 0 Å². The first-order valence-electron chi connectivity index (χ1n) is 6.52. The highest BCUT2D eigenvalue weighted by atomic mass is 14.0. The average molecular weight is 236 g/mol. The van der Waals surface area contributed by atoms with E-state index in [0.717, 1.165) is 11.6 Å². The molecular weight excluding hydrogens is 216 g/mol. The van der Waals surface area contributed by atoms with Gasteiger partial charge in [-0.1, -0.05) is 56.0 Å². The Morgan fingerprint density at radius 1 is 1.06 bits per heavy atom. The van der Waals surface area contributed by atoms with Gasteiger partial charge < -0.3 is 0 Å². The van der Waals surface area contributed by atoms with Gasteiger partial charge in [0, 0.05) is 0 Å². The smallest absolute Gasteiger partial charge is 0.00768 e. The van der Waals surface area contributed by atoms with Crippen LogP contribution in [0.1, 0.15) is 25.0 Å². The van der Waals surface area contributed by atoms with E-state index in [2.05, 4.69) is 69.8 Å². The summed E-state index contributed by atoms with van der Waals surface area (Å²) in [6.45, 7) is 10.7. The summed E-state index contributed by atoms with van der Waals surface area (Å²) in [4.78, 5) is 0. The van der Waals surface area contributed by atoms with E-state index in [-0.39, 0.29) is 0 Å². The molecule has 2 rings (SSSR count). The topological polar surface area (TPSA) is 0 Å². The first kappa shape index (κ1) is 12.6. The van der Waals surface area contributed by atoms with Gasteiger partial charge in [0.1, 0.15) is 0 Å². The van der Waals surface area contributed by atoms with Gasteiger partial charge in [-0.15, -0.1) is 0 Å². The lowest BCUT2D eigenvalue weighted by atomic mass is 10.0. The van der Waals surface area contributed by atoms with Crippen LogP contribution in [0.15, 0.2) is 36.4 Å². The van der Waals surface area contributed by atoms with Gasteiger partial charge in [-0.2, -0.15) is 0 Å². The Morgan fingerprint density at radius 3 is 2.44 bits per heavy atom.